The molecule has 1 saturated carbocycles. The quantitative estimate of drug-likeness (QED) is 0.821. The van der Waals surface area contributed by atoms with Gasteiger partial charge in [0, 0.05) is 24.7 Å². The number of fused-ring (bicyclic) bond motifs is 2. The normalized spacial score (nSPS) is 23.0. The van der Waals surface area contributed by atoms with Crippen LogP contribution in [0.5, 0.6) is 11.5 Å². The van der Waals surface area contributed by atoms with Gasteiger partial charge in [0.1, 0.15) is 5.76 Å². The van der Waals surface area contributed by atoms with Crippen LogP contribution in [-0.2, 0) is 6.54 Å². The van der Waals surface area contributed by atoms with Crippen molar-refractivity contribution in [3.05, 3.63) is 29.7 Å². The second-order valence-electron chi connectivity index (χ2n) is 7.21. The van der Waals surface area contributed by atoms with Crippen molar-refractivity contribution in [1.82, 2.24) is 9.88 Å². The molecule has 2 atom stereocenters. The van der Waals surface area contributed by atoms with E-state index in [1.165, 1.54) is 32.2 Å². The summed E-state index contributed by atoms with van der Waals surface area (Å²) in [5, 5.41) is 0. The fourth-order valence-electron chi connectivity index (χ4n) is 4.29. The summed E-state index contributed by atoms with van der Waals surface area (Å²) in [5.74, 6) is 3.84. The standard InChI is InChI=1S/C20H26N2O3/c1-13-17(12-22-11-14-5-4-6-16(22)9-14)21-20(25-13)15-7-8-18(23-2)19(10-15)24-3/h7-8,10,14,16H,4-6,9,11-12H2,1-3H3/t14-,16+/m0/s1. The number of benzene rings is 1. The maximum atomic E-state index is 5.96. The van der Waals surface area contributed by atoms with Crippen molar-refractivity contribution in [2.45, 2.75) is 45.2 Å². The molecule has 0 amide bonds. The minimum atomic E-state index is 0.649. The van der Waals surface area contributed by atoms with Crippen LogP contribution >= 0.6 is 0 Å². The van der Waals surface area contributed by atoms with Crippen molar-refractivity contribution in [2.24, 2.45) is 5.92 Å². The molecule has 2 heterocycles. The Balaban J connectivity index is 1.56. The van der Waals surface area contributed by atoms with Crippen LogP contribution in [0.4, 0.5) is 0 Å². The van der Waals surface area contributed by atoms with Crippen LogP contribution in [0.1, 0.15) is 37.1 Å². The highest BCUT2D eigenvalue weighted by molar-refractivity contribution is 5.60. The highest BCUT2D eigenvalue weighted by atomic mass is 16.5. The lowest BCUT2D eigenvalue weighted by Gasteiger charge is -2.23. The Bertz CT molecular complexity index is 755. The van der Waals surface area contributed by atoms with E-state index in [2.05, 4.69) is 4.90 Å². The molecule has 2 aliphatic rings. The first-order valence-electron chi connectivity index (χ1n) is 9.10. The SMILES string of the molecule is COc1ccc(-c2nc(CN3C[C@H]4CCC[C@@H]3C4)c(C)o2)cc1OC. The van der Waals surface area contributed by atoms with Crippen LogP contribution in [0.15, 0.2) is 22.6 Å². The molecule has 0 unspecified atom stereocenters. The van der Waals surface area contributed by atoms with Crippen molar-refractivity contribution in [1.29, 1.82) is 0 Å². The van der Waals surface area contributed by atoms with E-state index in [1.54, 1.807) is 14.2 Å². The van der Waals surface area contributed by atoms with Crippen LogP contribution in [0.25, 0.3) is 11.5 Å². The molecular formula is C20H26N2O3. The minimum absolute atomic E-state index is 0.649. The molecule has 25 heavy (non-hydrogen) atoms. The fourth-order valence-corrected chi connectivity index (χ4v) is 4.29. The lowest BCUT2D eigenvalue weighted by atomic mass is 9.90. The van der Waals surface area contributed by atoms with Gasteiger partial charge in [-0.05, 0) is 50.3 Å². The van der Waals surface area contributed by atoms with Crippen LogP contribution in [0.2, 0.25) is 0 Å². The van der Waals surface area contributed by atoms with Gasteiger partial charge in [-0.25, -0.2) is 4.98 Å². The summed E-state index contributed by atoms with van der Waals surface area (Å²) in [7, 11) is 3.27. The number of aromatic nitrogens is 1. The molecule has 1 aliphatic carbocycles. The number of hydrogen-bond acceptors (Lipinski definition) is 5. The van der Waals surface area contributed by atoms with E-state index in [0.717, 1.165) is 35.5 Å². The first kappa shape index (κ1) is 16.5. The molecule has 2 aromatic rings. The summed E-state index contributed by atoms with van der Waals surface area (Å²) in [6, 6.07) is 6.49. The number of methoxy groups -OCH3 is 2. The maximum absolute atomic E-state index is 5.96. The fraction of sp³-hybridized carbons (Fsp3) is 0.550. The number of oxazole rings is 1. The molecule has 2 bridgehead atoms. The Labute approximate surface area is 148 Å². The summed E-state index contributed by atoms with van der Waals surface area (Å²) in [6.07, 6.45) is 5.46. The Hall–Kier alpha value is -2.01. The molecule has 1 aromatic carbocycles. The van der Waals surface area contributed by atoms with E-state index in [1.807, 2.05) is 25.1 Å². The van der Waals surface area contributed by atoms with Gasteiger partial charge in [0.15, 0.2) is 11.5 Å². The van der Waals surface area contributed by atoms with Gasteiger partial charge in [-0.1, -0.05) is 6.42 Å². The zero-order chi connectivity index (χ0) is 17.4. The lowest BCUT2D eigenvalue weighted by Crippen LogP contribution is -2.28. The molecule has 4 rings (SSSR count). The highest BCUT2D eigenvalue weighted by Gasteiger charge is 2.35. The first-order valence-corrected chi connectivity index (χ1v) is 9.10. The molecule has 1 aromatic heterocycles. The second-order valence-corrected chi connectivity index (χ2v) is 7.21. The third kappa shape index (κ3) is 3.13. The molecule has 5 nitrogen and oxygen atoms in total. The van der Waals surface area contributed by atoms with Crippen molar-refractivity contribution in [2.75, 3.05) is 20.8 Å². The van der Waals surface area contributed by atoms with Gasteiger partial charge in [-0.3, -0.25) is 4.90 Å². The summed E-state index contributed by atoms with van der Waals surface area (Å²) in [5.41, 5.74) is 1.96. The van der Waals surface area contributed by atoms with Gasteiger partial charge < -0.3 is 13.9 Å². The zero-order valence-corrected chi connectivity index (χ0v) is 15.2. The van der Waals surface area contributed by atoms with Gasteiger partial charge in [0.05, 0.1) is 19.9 Å². The van der Waals surface area contributed by atoms with E-state index in [-0.39, 0.29) is 0 Å². The van der Waals surface area contributed by atoms with Crippen molar-refractivity contribution < 1.29 is 13.9 Å². The molecular weight excluding hydrogens is 316 g/mol. The summed E-state index contributed by atoms with van der Waals surface area (Å²) < 4.78 is 16.7. The maximum Gasteiger partial charge on any atom is 0.226 e. The molecule has 2 fully saturated rings. The van der Waals surface area contributed by atoms with E-state index in [0.29, 0.717) is 17.4 Å². The minimum Gasteiger partial charge on any atom is -0.493 e. The predicted octanol–water partition coefficient (Wildman–Crippen LogP) is 4.04. The Morgan fingerprint density at radius 2 is 2.04 bits per heavy atom. The van der Waals surface area contributed by atoms with E-state index in [4.69, 9.17) is 18.9 Å². The number of likely N-dealkylation sites (tertiary alicyclic amines) is 1. The van der Waals surface area contributed by atoms with E-state index >= 15 is 0 Å². The number of aryl methyl sites for hydroxylation is 1. The Morgan fingerprint density at radius 1 is 1.20 bits per heavy atom. The van der Waals surface area contributed by atoms with Crippen LogP contribution < -0.4 is 9.47 Å². The van der Waals surface area contributed by atoms with Gasteiger partial charge in [-0.2, -0.15) is 0 Å². The molecule has 0 spiro atoms. The largest absolute Gasteiger partial charge is 0.493 e. The van der Waals surface area contributed by atoms with E-state index in [9.17, 15) is 0 Å². The summed E-state index contributed by atoms with van der Waals surface area (Å²) >= 11 is 0. The van der Waals surface area contributed by atoms with Crippen LogP contribution in [0, 0.1) is 12.8 Å². The Morgan fingerprint density at radius 3 is 2.80 bits per heavy atom. The average molecular weight is 342 g/mol. The average Bonchev–Trinajstić information content (AvgIpc) is 3.14. The van der Waals surface area contributed by atoms with Gasteiger partial charge >= 0.3 is 0 Å². The summed E-state index contributed by atoms with van der Waals surface area (Å²) in [6.45, 7) is 4.11. The smallest absolute Gasteiger partial charge is 0.226 e. The number of hydrogen-bond donors (Lipinski definition) is 0. The number of nitrogens with zero attached hydrogens (tertiary/aromatic N) is 2. The molecule has 5 heteroatoms. The molecule has 1 saturated heterocycles. The van der Waals surface area contributed by atoms with Crippen LogP contribution in [0.3, 0.4) is 0 Å². The van der Waals surface area contributed by atoms with Crippen molar-refractivity contribution >= 4 is 0 Å². The van der Waals surface area contributed by atoms with Crippen LogP contribution in [-0.4, -0.2) is 36.7 Å². The van der Waals surface area contributed by atoms with Gasteiger partial charge in [-0.15, -0.1) is 0 Å². The van der Waals surface area contributed by atoms with Gasteiger partial charge in [0.25, 0.3) is 0 Å². The molecule has 1 aliphatic heterocycles. The van der Waals surface area contributed by atoms with Crippen molar-refractivity contribution in [3.8, 4) is 23.0 Å². The molecule has 0 N–H and O–H groups in total. The predicted molar refractivity (Wildman–Crippen MR) is 95.9 cm³/mol. The lowest BCUT2D eigenvalue weighted by molar-refractivity contribution is 0.233. The topological polar surface area (TPSA) is 47.7 Å². The number of ether oxygens (including phenoxy) is 2. The van der Waals surface area contributed by atoms with Gasteiger partial charge in [0.2, 0.25) is 5.89 Å². The third-order valence-electron chi connectivity index (χ3n) is 5.64. The second kappa shape index (κ2) is 6.71. The monoisotopic (exact) mass is 342 g/mol. The highest BCUT2D eigenvalue weighted by Crippen LogP contribution is 2.37. The zero-order valence-electron chi connectivity index (χ0n) is 15.2. The summed E-state index contributed by atoms with van der Waals surface area (Å²) in [4.78, 5) is 7.38. The van der Waals surface area contributed by atoms with E-state index < -0.39 is 0 Å². The third-order valence-corrected chi connectivity index (χ3v) is 5.64. The molecule has 134 valence electrons. The molecule has 0 radical (unpaired) electrons. The number of rotatable bonds is 5. The van der Waals surface area contributed by atoms with Crippen molar-refractivity contribution in [3.63, 3.8) is 0 Å². The Kier molecular flexibility index (Phi) is 4.42. The first-order chi connectivity index (χ1) is 12.2.